The Morgan fingerprint density at radius 3 is 2.21 bits per heavy atom. The molecule has 0 aliphatic carbocycles. The van der Waals surface area contributed by atoms with Gasteiger partial charge in [0, 0.05) is 11.1 Å². The largest absolute Gasteiger partial charge is 0.497 e. The number of rotatable bonds is 8. The van der Waals surface area contributed by atoms with E-state index in [1.807, 2.05) is 78.9 Å². The number of carbonyl (C=O) groups is 1. The van der Waals surface area contributed by atoms with Gasteiger partial charge in [-0.3, -0.25) is 0 Å². The molecule has 168 valence electrons. The molecule has 7 nitrogen and oxygen atoms in total. The van der Waals surface area contributed by atoms with E-state index in [9.17, 15) is 4.79 Å². The van der Waals surface area contributed by atoms with E-state index in [0.29, 0.717) is 24.0 Å². The van der Waals surface area contributed by atoms with Crippen LogP contribution in [0.5, 0.6) is 11.5 Å². The van der Waals surface area contributed by atoms with Gasteiger partial charge in [0.15, 0.2) is 5.76 Å². The van der Waals surface area contributed by atoms with Crippen LogP contribution in [-0.4, -0.2) is 25.3 Å². The second kappa shape index (κ2) is 10.4. The van der Waals surface area contributed by atoms with Crippen molar-refractivity contribution in [3.8, 4) is 34.1 Å². The van der Waals surface area contributed by atoms with E-state index in [0.717, 1.165) is 28.2 Å². The van der Waals surface area contributed by atoms with Gasteiger partial charge in [-0.15, -0.1) is 0 Å². The third-order valence-corrected chi connectivity index (χ3v) is 4.97. The monoisotopic (exact) mass is 444 g/mol. The Bertz CT molecular complexity index is 1190. The van der Waals surface area contributed by atoms with Crippen molar-refractivity contribution >= 4 is 6.09 Å². The lowest BCUT2D eigenvalue weighted by atomic mass is 10.1. The van der Waals surface area contributed by atoms with Crippen LogP contribution in [0.15, 0.2) is 83.3 Å². The number of nitrogens with one attached hydrogen (secondary N) is 1. The summed E-state index contributed by atoms with van der Waals surface area (Å²) in [4.78, 5) is 16.1. The number of aromatic nitrogens is 1. The molecule has 0 aliphatic rings. The average molecular weight is 444 g/mol. The summed E-state index contributed by atoms with van der Waals surface area (Å²) in [7, 11) is 2.93. The lowest BCUT2D eigenvalue weighted by molar-refractivity contribution is 0.169. The number of hydrogen-bond donors (Lipinski definition) is 1. The Labute approximate surface area is 191 Å². The molecule has 1 heterocycles. The third-order valence-electron chi connectivity index (χ3n) is 4.97. The van der Waals surface area contributed by atoms with Gasteiger partial charge in [0.2, 0.25) is 5.89 Å². The highest BCUT2D eigenvalue weighted by Crippen LogP contribution is 2.34. The van der Waals surface area contributed by atoms with E-state index in [-0.39, 0.29) is 6.54 Å². The zero-order chi connectivity index (χ0) is 23.0. The number of amides is 1. The second-order valence-electron chi connectivity index (χ2n) is 7.16. The first-order valence-electron chi connectivity index (χ1n) is 10.4. The molecule has 0 radical (unpaired) electrons. The molecule has 0 fully saturated rings. The minimum Gasteiger partial charge on any atom is -0.497 e. The first-order chi connectivity index (χ1) is 16.2. The highest BCUT2D eigenvalue weighted by Gasteiger charge is 2.18. The molecular formula is C26H24N2O5. The predicted octanol–water partition coefficient (Wildman–Crippen LogP) is 5.45. The molecular weight excluding hydrogens is 420 g/mol. The number of benzene rings is 3. The zero-order valence-electron chi connectivity index (χ0n) is 18.4. The molecule has 1 amide bonds. The SMILES string of the molecule is COC(=O)NCc1nc(-c2ccc(OC)cc2)c(-c2ccc(OCc3ccccc3)cc2)o1. The topological polar surface area (TPSA) is 82.8 Å². The van der Waals surface area contributed by atoms with E-state index in [2.05, 4.69) is 15.0 Å². The van der Waals surface area contributed by atoms with Crippen LogP contribution in [0, 0.1) is 0 Å². The van der Waals surface area contributed by atoms with E-state index < -0.39 is 6.09 Å². The normalized spacial score (nSPS) is 10.5. The minimum absolute atomic E-state index is 0.105. The molecule has 3 aromatic carbocycles. The number of hydrogen-bond acceptors (Lipinski definition) is 6. The Morgan fingerprint density at radius 1 is 0.879 bits per heavy atom. The van der Waals surface area contributed by atoms with Gasteiger partial charge >= 0.3 is 6.09 Å². The predicted molar refractivity (Wildman–Crippen MR) is 124 cm³/mol. The van der Waals surface area contributed by atoms with Gasteiger partial charge in [0.05, 0.1) is 20.8 Å². The summed E-state index contributed by atoms with van der Waals surface area (Å²) >= 11 is 0. The van der Waals surface area contributed by atoms with Crippen molar-refractivity contribution in [2.24, 2.45) is 0 Å². The van der Waals surface area contributed by atoms with Crippen molar-refractivity contribution in [1.29, 1.82) is 0 Å². The fraction of sp³-hybridized carbons (Fsp3) is 0.154. The molecule has 33 heavy (non-hydrogen) atoms. The lowest BCUT2D eigenvalue weighted by Crippen LogP contribution is -2.22. The molecule has 7 heteroatoms. The van der Waals surface area contributed by atoms with Gasteiger partial charge in [-0.25, -0.2) is 9.78 Å². The summed E-state index contributed by atoms with van der Waals surface area (Å²) in [6.07, 6.45) is -0.555. The summed E-state index contributed by atoms with van der Waals surface area (Å²) in [6, 6.07) is 25.2. The van der Waals surface area contributed by atoms with Crippen molar-refractivity contribution in [3.63, 3.8) is 0 Å². The number of nitrogens with zero attached hydrogens (tertiary/aromatic N) is 1. The Morgan fingerprint density at radius 2 is 1.55 bits per heavy atom. The Kier molecular flexibility index (Phi) is 6.90. The highest BCUT2D eigenvalue weighted by molar-refractivity contribution is 5.77. The van der Waals surface area contributed by atoms with E-state index >= 15 is 0 Å². The van der Waals surface area contributed by atoms with Crippen molar-refractivity contribution in [1.82, 2.24) is 10.3 Å². The highest BCUT2D eigenvalue weighted by atomic mass is 16.5. The van der Waals surface area contributed by atoms with Crippen LogP contribution >= 0.6 is 0 Å². The van der Waals surface area contributed by atoms with Gasteiger partial charge in [-0.2, -0.15) is 0 Å². The maximum Gasteiger partial charge on any atom is 0.407 e. The molecule has 1 aromatic heterocycles. The van der Waals surface area contributed by atoms with Gasteiger partial charge in [0.25, 0.3) is 0 Å². The average Bonchev–Trinajstić information content (AvgIpc) is 3.31. The molecule has 1 N–H and O–H groups in total. The van der Waals surface area contributed by atoms with E-state index in [4.69, 9.17) is 13.9 Å². The minimum atomic E-state index is -0.555. The van der Waals surface area contributed by atoms with Crippen LogP contribution in [0.1, 0.15) is 11.5 Å². The molecule has 0 bridgehead atoms. The molecule has 4 aromatic rings. The van der Waals surface area contributed by atoms with Crippen molar-refractivity contribution in [3.05, 3.63) is 90.3 Å². The number of oxazole rings is 1. The van der Waals surface area contributed by atoms with E-state index in [1.165, 1.54) is 7.11 Å². The second-order valence-corrected chi connectivity index (χ2v) is 7.16. The number of carbonyl (C=O) groups excluding carboxylic acids is 1. The Hall–Kier alpha value is -4.26. The first-order valence-corrected chi connectivity index (χ1v) is 10.4. The van der Waals surface area contributed by atoms with Crippen LogP contribution < -0.4 is 14.8 Å². The van der Waals surface area contributed by atoms with Crippen molar-refractivity contribution in [2.75, 3.05) is 14.2 Å². The summed E-state index contributed by atoms with van der Waals surface area (Å²) < 4.78 is 21.8. The number of alkyl carbamates (subject to hydrolysis) is 1. The zero-order valence-corrected chi connectivity index (χ0v) is 18.4. The molecule has 0 spiro atoms. The maximum absolute atomic E-state index is 11.5. The van der Waals surface area contributed by atoms with Crippen LogP contribution in [0.2, 0.25) is 0 Å². The summed E-state index contributed by atoms with van der Waals surface area (Å²) in [5.41, 5.74) is 3.46. The molecule has 0 saturated heterocycles. The van der Waals surface area contributed by atoms with Gasteiger partial charge < -0.3 is 23.9 Å². The quantitative estimate of drug-likeness (QED) is 0.389. The third kappa shape index (κ3) is 5.51. The van der Waals surface area contributed by atoms with Crippen LogP contribution in [-0.2, 0) is 17.9 Å². The fourth-order valence-electron chi connectivity index (χ4n) is 3.24. The van der Waals surface area contributed by atoms with E-state index in [1.54, 1.807) is 7.11 Å². The van der Waals surface area contributed by atoms with Crippen LogP contribution in [0.3, 0.4) is 0 Å². The maximum atomic E-state index is 11.5. The molecule has 4 rings (SSSR count). The van der Waals surface area contributed by atoms with Crippen LogP contribution in [0.25, 0.3) is 22.6 Å². The van der Waals surface area contributed by atoms with Crippen molar-refractivity contribution in [2.45, 2.75) is 13.2 Å². The summed E-state index contributed by atoms with van der Waals surface area (Å²) in [5, 5.41) is 2.59. The van der Waals surface area contributed by atoms with Gasteiger partial charge in [0.1, 0.15) is 23.8 Å². The number of ether oxygens (including phenoxy) is 3. The van der Waals surface area contributed by atoms with Crippen LogP contribution in [0.4, 0.5) is 4.79 Å². The standard InChI is InChI=1S/C26H24N2O5/c1-30-21-12-8-19(9-13-21)24-25(33-23(28-24)16-27-26(29)31-2)20-10-14-22(15-11-20)32-17-18-6-4-3-5-7-18/h3-15H,16-17H2,1-2H3,(H,27,29). The first kappa shape index (κ1) is 22.0. The smallest absolute Gasteiger partial charge is 0.407 e. The molecule has 0 saturated carbocycles. The van der Waals surface area contributed by atoms with Crippen molar-refractivity contribution < 1.29 is 23.4 Å². The lowest BCUT2D eigenvalue weighted by Gasteiger charge is -2.07. The summed E-state index contributed by atoms with van der Waals surface area (Å²) in [5.74, 6) is 2.46. The number of methoxy groups -OCH3 is 2. The van der Waals surface area contributed by atoms with Gasteiger partial charge in [-0.1, -0.05) is 30.3 Å². The molecule has 0 aliphatic heterocycles. The summed E-state index contributed by atoms with van der Waals surface area (Å²) in [6.45, 7) is 0.594. The van der Waals surface area contributed by atoms with Gasteiger partial charge in [-0.05, 0) is 54.1 Å². The fourth-order valence-corrected chi connectivity index (χ4v) is 3.24. The molecule has 0 unspecified atom stereocenters. The Balaban J connectivity index is 1.58. The molecule has 0 atom stereocenters.